The van der Waals surface area contributed by atoms with Gasteiger partial charge in [-0.3, -0.25) is 10.1 Å². The fourth-order valence-corrected chi connectivity index (χ4v) is 2.26. The van der Waals surface area contributed by atoms with Gasteiger partial charge in [-0.15, -0.1) is 11.8 Å². The van der Waals surface area contributed by atoms with Crippen LogP contribution in [0.15, 0.2) is 29.2 Å². The molecule has 1 N–H and O–H groups in total. The molecule has 15 heavy (non-hydrogen) atoms. The number of non-ortho nitro benzene ring substituents is 1. The van der Waals surface area contributed by atoms with Gasteiger partial charge in [-0.2, -0.15) is 0 Å². The summed E-state index contributed by atoms with van der Waals surface area (Å²) >= 11 is 4.64. The average molecular weight is 292 g/mol. The highest BCUT2D eigenvalue weighted by Crippen LogP contribution is 2.22. The predicted octanol–water partition coefficient (Wildman–Crippen LogP) is 2.44. The van der Waals surface area contributed by atoms with E-state index in [1.807, 2.05) is 0 Å². The Balaban J connectivity index is 2.53. The van der Waals surface area contributed by atoms with Crippen molar-refractivity contribution in [2.45, 2.75) is 11.0 Å². The van der Waals surface area contributed by atoms with E-state index in [0.717, 1.165) is 4.90 Å². The van der Waals surface area contributed by atoms with Gasteiger partial charge in [-0.25, -0.2) is 0 Å². The number of hydrogen-bond donors (Lipinski definition) is 1. The number of hydrogen-bond acceptors (Lipinski definition) is 4. The molecule has 82 valence electrons. The fourth-order valence-electron chi connectivity index (χ4n) is 0.901. The van der Waals surface area contributed by atoms with Crippen LogP contribution in [0, 0.1) is 10.1 Å². The number of nitro benzene ring substituents is 1. The van der Waals surface area contributed by atoms with Crippen molar-refractivity contribution in [3.8, 4) is 0 Å². The van der Waals surface area contributed by atoms with Crippen molar-refractivity contribution in [1.82, 2.24) is 0 Å². The second-order valence-corrected chi connectivity index (χ2v) is 4.61. The number of aliphatic hydroxyl groups is 1. The Hall–Kier alpha value is -0.590. The Morgan fingerprint density at radius 2 is 2.07 bits per heavy atom. The molecule has 1 aromatic carbocycles. The number of benzene rings is 1. The summed E-state index contributed by atoms with van der Waals surface area (Å²) in [7, 11) is 0. The highest BCUT2D eigenvalue weighted by atomic mass is 79.9. The summed E-state index contributed by atoms with van der Waals surface area (Å²) < 4.78 is 0. The summed E-state index contributed by atoms with van der Waals surface area (Å²) in [6, 6.07) is 6.29. The lowest BCUT2D eigenvalue weighted by molar-refractivity contribution is -0.384. The highest BCUT2D eigenvalue weighted by molar-refractivity contribution is 9.09. The quantitative estimate of drug-likeness (QED) is 0.392. The SMILES string of the molecule is O=[N+]([O-])c1ccc(SCC(O)CBr)cc1. The summed E-state index contributed by atoms with van der Waals surface area (Å²) in [6.07, 6.45) is -0.398. The molecule has 0 amide bonds. The lowest BCUT2D eigenvalue weighted by Crippen LogP contribution is -2.10. The first-order chi connectivity index (χ1) is 7.13. The third-order valence-corrected chi connectivity index (χ3v) is 3.57. The van der Waals surface area contributed by atoms with Gasteiger partial charge in [0.25, 0.3) is 5.69 Å². The van der Waals surface area contributed by atoms with Crippen LogP contribution >= 0.6 is 27.7 Å². The number of aliphatic hydroxyl groups excluding tert-OH is 1. The van der Waals surface area contributed by atoms with Gasteiger partial charge in [0.15, 0.2) is 0 Å². The molecule has 0 saturated heterocycles. The van der Waals surface area contributed by atoms with E-state index in [0.29, 0.717) is 11.1 Å². The van der Waals surface area contributed by atoms with Gasteiger partial charge in [0.05, 0.1) is 11.0 Å². The third-order valence-electron chi connectivity index (χ3n) is 1.67. The van der Waals surface area contributed by atoms with Crippen molar-refractivity contribution < 1.29 is 10.0 Å². The second kappa shape index (κ2) is 6.09. The summed E-state index contributed by atoms with van der Waals surface area (Å²) in [4.78, 5) is 10.9. The van der Waals surface area contributed by atoms with Crippen molar-refractivity contribution in [2.75, 3.05) is 11.1 Å². The van der Waals surface area contributed by atoms with Crippen molar-refractivity contribution in [3.63, 3.8) is 0 Å². The lowest BCUT2D eigenvalue weighted by Gasteiger charge is -2.05. The third kappa shape index (κ3) is 4.19. The molecule has 0 aliphatic rings. The van der Waals surface area contributed by atoms with E-state index in [1.165, 1.54) is 23.9 Å². The number of thioether (sulfide) groups is 1. The minimum atomic E-state index is -0.429. The average Bonchev–Trinajstić information content (AvgIpc) is 2.26. The van der Waals surface area contributed by atoms with Crippen molar-refractivity contribution in [1.29, 1.82) is 0 Å². The molecule has 0 aliphatic carbocycles. The fraction of sp³-hybridized carbons (Fsp3) is 0.333. The number of nitro groups is 1. The largest absolute Gasteiger partial charge is 0.391 e. The predicted molar refractivity (Wildman–Crippen MR) is 63.6 cm³/mol. The summed E-state index contributed by atoms with van der Waals surface area (Å²) in [6.45, 7) is 0. The summed E-state index contributed by atoms with van der Waals surface area (Å²) in [5.41, 5.74) is 0.0837. The van der Waals surface area contributed by atoms with E-state index >= 15 is 0 Å². The Labute approximate surface area is 100.0 Å². The van der Waals surface area contributed by atoms with E-state index in [1.54, 1.807) is 12.1 Å². The van der Waals surface area contributed by atoms with Crippen molar-refractivity contribution >= 4 is 33.4 Å². The zero-order valence-electron chi connectivity index (χ0n) is 7.80. The van der Waals surface area contributed by atoms with Gasteiger partial charge in [0.2, 0.25) is 0 Å². The first-order valence-corrected chi connectivity index (χ1v) is 6.35. The molecule has 0 fully saturated rings. The molecule has 0 radical (unpaired) electrons. The molecule has 0 spiro atoms. The normalized spacial score (nSPS) is 12.4. The van der Waals surface area contributed by atoms with Crippen LogP contribution in [0.1, 0.15) is 0 Å². The van der Waals surface area contributed by atoms with Crippen LogP contribution in [0.5, 0.6) is 0 Å². The molecular formula is C9H10BrNO3S. The number of nitrogens with zero attached hydrogens (tertiary/aromatic N) is 1. The van der Waals surface area contributed by atoms with E-state index in [-0.39, 0.29) is 5.69 Å². The van der Waals surface area contributed by atoms with Crippen LogP contribution in [0.4, 0.5) is 5.69 Å². The number of rotatable bonds is 5. The second-order valence-electron chi connectivity index (χ2n) is 2.87. The molecule has 0 bridgehead atoms. The standard InChI is InChI=1S/C9H10BrNO3S/c10-5-8(12)6-15-9-3-1-7(2-4-9)11(13)14/h1-4,8,12H,5-6H2. The van der Waals surface area contributed by atoms with Gasteiger partial charge in [0, 0.05) is 28.1 Å². The topological polar surface area (TPSA) is 63.4 Å². The Bertz CT molecular complexity index is 331. The first kappa shape index (κ1) is 12.5. The molecule has 1 aromatic rings. The number of halogens is 1. The molecule has 1 atom stereocenters. The van der Waals surface area contributed by atoms with Gasteiger partial charge in [-0.05, 0) is 12.1 Å². The summed E-state index contributed by atoms with van der Waals surface area (Å²) in [5.74, 6) is 0.572. The minimum Gasteiger partial charge on any atom is -0.391 e. The summed E-state index contributed by atoms with van der Waals surface area (Å²) in [5, 5.41) is 20.2. The van der Waals surface area contributed by atoms with E-state index in [2.05, 4.69) is 15.9 Å². The van der Waals surface area contributed by atoms with Gasteiger partial charge in [-0.1, -0.05) is 15.9 Å². The van der Waals surface area contributed by atoms with Crippen LogP contribution in [0.25, 0.3) is 0 Å². The van der Waals surface area contributed by atoms with Crippen LogP contribution in [-0.2, 0) is 0 Å². The van der Waals surface area contributed by atoms with Crippen LogP contribution < -0.4 is 0 Å². The molecule has 1 rings (SSSR count). The number of alkyl halides is 1. The smallest absolute Gasteiger partial charge is 0.269 e. The molecule has 0 heterocycles. The van der Waals surface area contributed by atoms with Crippen molar-refractivity contribution in [2.24, 2.45) is 0 Å². The molecule has 6 heteroatoms. The monoisotopic (exact) mass is 291 g/mol. The molecular weight excluding hydrogens is 282 g/mol. The van der Waals surface area contributed by atoms with E-state index < -0.39 is 11.0 Å². The van der Waals surface area contributed by atoms with Gasteiger partial charge in [0.1, 0.15) is 0 Å². The lowest BCUT2D eigenvalue weighted by atomic mass is 10.3. The maximum absolute atomic E-state index is 10.4. The Morgan fingerprint density at radius 1 is 1.47 bits per heavy atom. The van der Waals surface area contributed by atoms with E-state index in [9.17, 15) is 15.2 Å². The molecule has 0 saturated carbocycles. The highest BCUT2D eigenvalue weighted by Gasteiger charge is 2.06. The van der Waals surface area contributed by atoms with Crippen LogP contribution in [0.2, 0.25) is 0 Å². The minimum absolute atomic E-state index is 0.0837. The van der Waals surface area contributed by atoms with Crippen LogP contribution in [0.3, 0.4) is 0 Å². The zero-order chi connectivity index (χ0) is 11.3. The Kier molecular flexibility index (Phi) is 5.07. The molecule has 4 nitrogen and oxygen atoms in total. The molecule has 1 unspecified atom stereocenters. The van der Waals surface area contributed by atoms with Crippen molar-refractivity contribution in [3.05, 3.63) is 34.4 Å². The van der Waals surface area contributed by atoms with Gasteiger partial charge >= 0.3 is 0 Å². The maximum Gasteiger partial charge on any atom is 0.269 e. The maximum atomic E-state index is 10.4. The zero-order valence-corrected chi connectivity index (χ0v) is 10.2. The molecule has 0 aliphatic heterocycles. The Morgan fingerprint density at radius 3 is 2.53 bits per heavy atom. The molecule has 0 aromatic heterocycles. The first-order valence-electron chi connectivity index (χ1n) is 4.24. The van der Waals surface area contributed by atoms with Crippen LogP contribution in [-0.4, -0.2) is 27.2 Å². The van der Waals surface area contributed by atoms with E-state index in [4.69, 9.17) is 0 Å². The van der Waals surface area contributed by atoms with Gasteiger partial charge < -0.3 is 5.11 Å².